The molecule has 194 valence electrons. The van der Waals surface area contributed by atoms with Crippen molar-refractivity contribution in [2.24, 2.45) is 0 Å². The molecule has 9 nitrogen and oxygen atoms in total. The summed E-state index contributed by atoms with van der Waals surface area (Å²) in [6, 6.07) is 12.9. The third-order valence-corrected chi connectivity index (χ3v) is 6.66. The van der Waals surface area contributed by atoms with Gasteiger partial charge in [0.25, 0.3) is 0 Å². The lowest BCUT2D eigenvalue weighted by atomic mass is 10.2. The van der Waals surface area contributed by atoms with Crippen molar-refractivity contribution in [1.29, 1.82) is 0 Å². The number of cyclic esters (lactones) is 1. The largest absolute Gasteiger partial charge is 0.443 e. The van der Waals surface area contributed by atoms with Crippen LogP contribution in [0.1, 0.15) is 6.92 Å². The third-order valence-electron chi connectivity index (χ3n) is 6.30. The number of carbonyl (C=O) groups excluding carboxylic acids is 1. The summed E-state index contributed by atoms with van der Waals surface area (Å²) in [6.07, 6.45) is -1.63. The Morgan fingerprint density at radius 3 is 2.50 bits per heavy atom. The van der Waals surface area contributed by atoms with Crippen molar-refractivity contribution in [2.75, 3.05) is 73.4 Å². The average molecular weight is 517 g/mol. The maximum Gasteiger partial charge on any atom is 0.414 e. The number of carbonyl (C=O) groups is 1. The monoisotopic (exact) mass is 516 g/mol. The Bertz CT molecular complexity index is 1080. The highest BCUT2D eigenvalue weighted by atomic mass is 32.1. The van der Waals surface area contributed by atoms with Crippen LogP contribution >= 0.6 is 12.2 Å². The molecule has 3 N–H and O–H groups in total. The fraction of sp³-hybridized carbons (Fsp3) is 0.440. The van der Waals surface area contributed by atoms with E-state index in [1.165, 1.54) is 11.0 Å². The summed E-state index contributed by atoms with van der Waals surface area (Å²) in [5.41, 5.74) is 2.99. The molecule has 2 fully saturated rings. The lowest BCUT2D eigenvalue weighted by molar-refractivity contribution is 0.110. The molecule has 11 heteroatoms. The summed E-state index contributed by atoms with van der Waals surface area (Å²) in [5, 5.41) is 16.1. The Morgan fingerprint density at radius 2 is 1.89 bits per heavy atom. The molecule has 2 aromatic carbocycles. The minimum Gasteiger partial charge on any atom is -0.443 e. The van der Waals surface area contributed by atoms with Crippen LogP contribution in [0.5, 0.6) is 0 Å². The molecule has 0 saturated carbocycles. The van der Waals surface area contributed by atoms with Crippen LogP contribution in [-0.2, 0) is 4.74 Å². The molecule has 2 aliphatic rings. The number of hydrogen-bond donors (Lipinski definition) is 3. The molecule has 2 aliphatic heterocycles. The van der Waals surface area contributed by atoms with E-state index in [9.17, 15) is 9.90 Å². The van der Waals surface area contributed by atoms with Crippen molar-refractivity contribution >= 4 is 46.2 Å². The van der Waals surface area contributed by atoms with Gasteiger partial charge in [-0.05, 0) is 61.6 Å². The number of thiocarbonyl (C=S) groups is 1. The first-order chi connectivity index (χ1) is 17.2. The number of piperazine rings is 1. The first-order valence-corrected chi connectivity index (χ1v) is 12.4. The molecule has 2 atom stereocenters. The van der Waals surface area contributed by atoms with Gasteiger partial charge in [0.05, 0.1) is 17.9 Å². The number of ether oxygens (including phenoxy) is 1. The van der Waals surface area contributed by atoms with Crippen molar-refractivity contribution in [2.45, 2.75) is 19.3 Å². The predicted octanol–water partition coefficient (Wildman–Crippen LogP) is 2.66. The first-order valence-electron chi connectivity index (χ1n) is 12.0. The van der Waals surface area contributed by atoms with Gasteiger partial charge < -0.3 is 29.9 Å². The second-order valence-corrected chi connectivity index (χ2v) is 9.57. The van der Waals surface area contributed by atoms with Crippen LogP contribution in [0, 0.1) is 5.82 Å². The molecule has 2 saturated heterocycles. The van der Waals surface area contributed by atoms with Gasteiger partial charge in [-0.25, -0.2) is 9.18 Å². The van der Waals surface area contributed by atoms with Gasteiger partial charge in [-0.1, -0.05) is 0 Å². The highest BCUT2D eigenvalue weighted by Gasteiger charge is 2.33. The van der Waals surface area contributed by atoms with Gasteiger partial charge in [0.2, 0.25) is 0 Å². The number of benzene rings is 2. The molecule has 2 heterocycles. The van der Waals surface area contributed by atoms with Gasteiger partial charge in [-0.15, -0.1) is 0 Å². The van der Waals surface area contributed by atoms with E-state index in [1.807, 2.05) is 48.2 Å². The summed E-state index contributed by atoms with van der Waals surface area (Å²) in [6.45, 7) is 4.78. The number of nitrogens with one attached hydrogen (secondary N) is 2. The zero-order chi connectivity index (χ0) is 25.8. The standard InChI is InChI=1S/C25H33FN6O3S/c1-17(33)27-15-21-16-32(25(34)35-21)20-8-9-23(22(26)14-20)30-10-12-31(13-11-30)24(36)28-18-4-6-19(7-5-18)29(2)3/h4-9,14,17,21,27,33H,10-13,15-16H2,1-3H3,(H,28,36)/t17?,21-/m0/s1. The van der Waals surface area contributed by atoms with Crippen LogP contribution in [-0.4, -0.2) is 86.9 Å². The van der Waals surface area contributed by atoms with Crippen molar-refractivity contribution in [3.05, 3.63) is 48.3 Å². The van der Waals surface area contributed by atoms with Crippen molar-refractivity contribution < 1.29 is 19.0 Å². The molecular weight excluding hydrogens is 483 g/mol. The van der Waals surface area contributed by atoms with Gasteiger partial charge in [-0.2, -0.15) is 0 Å². The second kappa shape index (κ2) is 11.3. The minimum atomic E-state index is -0.699. The molecule has 2 aromatic rings. The number of aliphatic hydroxyl groups is 1. The number of hydrogen-bond acceptors (Lipinski definition) is 7. The van der Waals surface area contributed by atoms with Crippen LogP contribution in [0.25, 0.3) is 0 Å². The Labute approximate surface area is 216 Å². The van der Waals surface area contributed by atoms with Gasteiger partial charge >= 0.3 is 6.09 Å². The van der Waals surface area contributed by atoms with Crippen molar-refractivity contribution in [3.8, 4) is 0 Å². The number of aliphatic hydroxyl groups excluding tert-OH is 1. The Hall–Kier alpha value is -3.15. The van der Waals surface area contributed by atoms with E-state index in [0.29, 0.717) is 55.8 Å². The summed E-state index contributed by atoms with van der Waals surface area (Å²) < 4.78 is 20.4. The van der Waals surface area contributed by atoms with Gasteiger partial charge in [0.15, 0.2) is 5.11 Å². The smallest absolute Gasteiger partial charge is 0.414 e. The highest BCUT2D eigenvalue weighted by molar-refractivity contribution is 7.80. The Kier molecular flexibility index (Phi) is 8.12. The van der Waals surface area contributed by atoms with Crippen molar-refractivity contribution in [1.82, 2.24) is 10.2 Å². The SMILES string of the molecule is CC(O)NC[C@H]1CN(c2ccc(N3CCN(C(=S)Nc4ccc(N(C)C)cc4)CC3)c(F)c2)C(=O)O1. The Balaban J connectivity index is 1.31. The van der Waals surface area contributed by atoms with E-state index >= 15 is 4.39 Å². The van der Waals surface area contributed by atoms with E-state index in [-0.39, 0.29) is 5.82 Å². The molecular formula is C25H33FN6O3S. The van der Waals surface area contributed by atoms with E-state index in [1.54, 1.807) is 19.1 Å². The number of rotatable bonds is 7. The maximum absolute atomic E-state index is 15.1. The van der Waals surface area contributed by atoms with E-state index in [0.717, 1.165) is 11.4 Å². The molecule has 36 heavy (non-hydrogen) atoms. The molecule has 4 rings (SSSR count). The minimum absolute atomic E-state index is 0.290. The summed E-state index contributed by atoms with van der Waals surface area (Å²) in [4.78, 5) is 19.8. The topological polar surface area (TPSA) is 83.6 Å². The fourth-order valence-corrected chi connectivity index (χ4v) is 4.56. The normalized spacial score (nSPS) is 18.8. The van der Waals surface area contributed by atoms with Crippen molar-refractivity contribution in [3.63, 3.8) is 0 Å². The first kappa shape index (κ1) is 25.9. The third kappa shape index (κ3) is 6.15. The van der Waals surface area contributed by atoms with E-state index in [2.05, 4.69) is 15.5 Å². The fourth-order valence-electron chi connectivity index (χ4n) is 4.26. The van der Waals surface area contributed by atoms with E-state index < -0.39 is 18.4 Å². The second-order valence-electron chi connectivity index (χ2n) is 9.18. The number of nitrogens with zero attached hydrogens (tertiary/aromatic N) is 4. The van der Waals surface area contributed by atoms with Crippen LogP contribution in [0.2, 0.25) is 0 Å². The lowest BCUT2D eigenvalue weighted by Crippen LogP contribution is -2.50. The molecule has 0 radical (unpaired) electrons. The van der Waals surface area contributed by atoms with Gasteiger partial charge in [-0.3, -0.25) is 10.2 Å². The van der Waals surface area contributed by atoms with Gasteiger partial charge in [0, 0.05) is 58.2 Å². The zero-order valence-electron chi connectivity index (χ0n) is 20.8. The quantitative estimate of drug-likeness (QED) is 0.380. The molecule has 0 bridgehead atoms. The lowest BCUT2D eigenvalue weighted by Gasteiger charge is -2.37. The van der Waals surface area contributed by atoms with Crippen LogP contribution in [0.15, 0.2) is 42.5 Å². The highest BCUT2D eigenvalue weighted by Crippen LogP contribution is 2.28. The number of amides is 1. The molecule has 0 aromatic heterocycles. The molecule has 1 amide bonds. The van der Waals surface area contributed by atoms with Gasteiger partial charge in [0.1, 0.15) is 18.1 Å². The molecule has 0 aliphatic carbocycles. The predicted molar refractivity (Wildman–Crippen MR) is 144 cm³/mol. The zero-order valence-corrected chi connectivity index (χ0v) is 21.6. The van der Waals surface area contributed by atoms with Crippen LogP contribution in [0.3, 0.4) is 0 Å². The number of anilines is 4. The van der Waals surface area contributed by atoms with Crippen LogP contribution < -0.4 is 25.3 Å². The molecule has 0 spiro atoms. The maximum atomic E-state index is 15.1. The number of halogens is 1. The average Bonchev–Trinajstić information content (AvgIpc) is 3.23. The van der Waals surface area contributed by atoms with E-state index in [4.69, 9.17) is 17.0 Å². The Morgan fingerprint density at radius 1 is 1.19 bits per heavy atom. The van der Waals surface area contributed by atoms with Crippen LogP contribution in [0.4, 0.5) is 31.9 Å². The molecule has 1 unspecified atom stereocenters. The summed E-state index contributed by atoms with van der Waals surface area (Å²) in [7, 11) is 4.00. The summed E-state index contributed by atoms with van der Waals surface area (Å²) >= 11 is 5.60. The summed E-state index contributed by atoms with van der Waals surface area (Å²) in [5.74, 6) is -0.388.